The van der Waals surface area contributed by atoms with Crippen LogP contribution in [0.2, 0.25) is 0 Å². The van der Waals surface area contributed by atoms with E-state index in [1.807, 2.05) is 0 Å². The fraction of sp³-hybridized carbons (Fsp3) is 0.562. The molecule has 0 radical (unpaired) electrons. The highest BCUT2D eigenvalue weighted by Gasteiger charge is 2.48. The van der Waals surface area contributed by atoms with Gasteiger partial charge in [-0.1, -0.05) is 12.1 Å². The van der Waals surface area contributed by atoms with Crippen molar-refractivity contribution >= 4 is 16.0 Å². The Morgan fingerprint density at radius 3 is 2.65 bits per heavy atom. The number of halogens is 1. The Hall–Kier alpha value is -1.75. The van der Waals surface area contributed by atoms with Crippen LogP contribution < -0.4 is 15.6 Å². The molecular weight excluding hydrogens is 365 g/mol. The van der Waals surface area contributed by atoms with Gasteiger partial charge in [0.2, 0.25) is 10.0 Å². The standard InChI is InChI=1S/C16H24FN3O5S/c1-4-24-16(21)14-11(2)18-19-15(14)26(22,23)20(3)9-10-25-13-8-6-5-7-12(13)17/h5-8,11,14-15,18-19H,4,9-10H2,1-3H3. The molecule has 10 heteroatoms. The molecule has 2 N–H and O–H groups in total. The van der Waals surface area contributed by atoms with Crippen LogP contribution in [0, 0.1) is 11.7 Å². The van der Waals surface area contributed by atoms with E-state index < -0.39 is 39.1 Å². The number of esters is 1. The molecule has 1 aromatic carbocycles. The summed E-state index contributed by atoms with van der Waals surface area (Å²) in [5.74, 6) is -1.93. The van der Waals surface area contributed by atoms with Gasteiger partial charge < -0.3 is 9.47 Å². The number of carbonyl (C=O) groups excluding carboxylic acids is 1. The predicted molar refractivity (Wildman–Crippen MR) is 93.1 cm³/mol. The van der Waals surface area contributed by atoms with E-state index in [0.29, 0.717) is 0 Å². The first-order chi connectivity index (χ1) is 12.3. The van der Waals surface area contributed by atoms with E-state index in [1.54, 1.807) is 19.9 Å². The third kappa shape index (κ3) is 4.50. The second kappa shape index (κ2) is 8.76. The summed E-state index contributed by atoms with van der Waals surface area (Å²) in [5, 5.41) is -1.16. The Balaban J connectivity index is 2.01. The average Bonchev–Trinajstić information content (AvgIpc) is 2.99. The maximum atomic E-state index is 13.5. The van der Waals surface area contributed by atoms with E-state index in [-0.39, 0.29) is 25.5 Å². The molecule has 1 fully saturated rings. The molecular formula is C16H24FN3O5S. The highest BCUT2D eigenvalue weighted by Crippen LogP contribution is 2.23. The zero-order valence-corrected chi connectivity index (χ0v) is 15.8. The molecule has 8 nitrogen and oxygen atoms in total. The third-order valence-corrected chi connectivity index (χ3v) is 6.24. The molecule has 1 aliphatic rings. The number of ether oxygens (including phenoxy) is 2. The van der Waals surface area contributed by atoms with Crippen molar-refractivity contribution in [1.82, 2.24) is 15.2 Å². The Morgan fingerprint density at radius 1 is 1.31 bits per heavy atom. The minimum Gasteiger partial charge on any atom is -0.489 e. The van der Waals surface area contributed by atoms with E-state index in [9.17, 15) is 17.6 Å². The number of rotatable bonds is 8. The van der Waals surface area contributed by atoms with Gasteiger partial charge in [0.15, 0.2) is 16.9 Å². The normalized spacial score (nSPS) is 23.2. The summed E-state index contributed by atoms with van der Waals surface area (Å²) in [7, 11) is -2.48. The summed E-state index contributed by atoms with van der Waals surface area (Å²) in [6.45, 7) is 3.50. The van der Waals surface area contributed by atoms with Crippen LogP contribution in [0.5, 0.6) is 5.75 Å². The first-order valence-electron chi connectivity index (χ1n) is 8.29. The van der Waals surface area contributed by atoms with Gasteiger partial charge in [-0.15, -0.1) is 0 Å². The third-order valence-electron chi connectivity index (χ3n) is 4.13. The topological polar surface area (TPSA) is 97.0 Å². The first kappa shape index (κ1) is 20.6. The molecule has 1 saturated heterocycles. The van der Waals surface area contributed by atoms with Crippen LogP contribution in [-0.2, 0) is 19.6 Å². The van der Waals surface area contributed by atoms with Crippen LogP contribution in [0.4, 0.5) is 4.39 Å². The van der Waals surface area contributed by atoms with Crippen molar-refractivity contribution in [2.24, 2.45) is 5.92 Å². The van der Waals surface area contributed by atoms with E-state index >= 15 is 0 Å². The van der Waals surface area contributed by atoms with E-state index in [2.05, 4.69) is 10.9 Å². The van der Waals surface area contributed by atoms with Crippen molar-refractivity contribution in [1.29, 1.82) is 0 Å². The maximum absolute atomic E-state index is 13.5. The number of carbonyl (C=O) groups is 1. The van der Waals surface area contributed by atoms with Crippen LogP contribution in [0.25, 0.3) is 0 Å². The van der Waals surface area contributed by atoms with Crippen LogP contribution in [0.3, 0.4) is 0 Å². The predicted octanol–water partition coefficient (Wildman–Crippen LogP) is 0.468. The summed E-state index contributed by atoms with van der Waals surface area (Å²) < 4.78 is 50.5. The minimum absolute atomic E-state index is 0.00122. The molecule has 0 amide bonds. The minimum atomic E-state index is -3.86. The number of para-hydroxylation sites is 1. The lowest BCUT2D eigenvalue weighted by molar-refractivity contribution is -0.148. The lowest BCUT2D eigenvalue weighted by atomic mass is 10.0. The number of sulfonamides is 1. The van der Waals surface area contributed by atoms with Gasteiger partial charge in [-0.25, -0.2) is 22.5 Å². The van der Waals surface area contributed by atoms with Gasteiger partial charge in [0.1, 0.15) is 12.5 Å². The Labute approximate surface area is 152 Å². The van der Waals surface area contributed by atoms with Gasteiger partial charge in [0.05, 0.1) is 6.61 Å². The van der Waals surface area contributed by atoms with E-state index in [0.717, 1.165) is 4.31 Å². The van der Waals surface area contributed by atoms with Crippen LogP contribution in [-0.4, -0.2) is 56.9 Å². The van der Waals surface area contributed by atoms with Crippen molar-refractivity contribution in [2.45, 2.75) is 25.3 Å². The fourth-order valence-corrected chi connectivity index (χ4v) is 4.30. The van der Waals surface area contributed by atoms with Gasteiger partial charge in [0, 0.05) is 19.6 Å². The van der Waals surface area contributed by atoms with Gasteiger partial charge in [-0.2, -0.15) is 0 Å². The lowest BCUT2D eigenvalue weighted by Gasteiger charge is -2.25. The number of nitrogens with one attached hydrogen (secondary N) is 2. The largest absolute Gasteiger partial charge is 0.489 e. The summed E-state index contributed by atoms with van der Waals surface area (Å²) in [4.78, 5) is 12.1. The number of hydrazine groups is 1. The Kier molecular flexibility index (Phi) is 6.93. The van der Waals surface area contributed by atoms with Crippen LogP contribution >= 0.6 is 0 Å². The summed E-state index contributed by atoms with van der Waals surface area (Å²) in [6.07, 6.45) is 0. The summed E-state index contributed by atoms with van der Waals surface area (Å²) in [5.41, 5.74) is 5.42. The van der Waals surface area contributed by atoms with Crippen molar-refractivity contribution in [2.75, 3.05) is 26.8 Å². The number of hydrogen-bond acceptors (Lipinski definition) is 7. The van der Waals surface area contributed by atoms with Crippen molar-refractivity contribution < 1.29 is 27.1 Å². The molecule has 0 saturated carbocycles. The molecule has 26 heavy (non-hydrogen) atoms. The Morgan fingerprint density at radius 2 is 2.00 bits per heavy atom. The molecule has 3 atom stereocenters. The average molecular weight is 389 g/mol. The van der Waals surface area contributed by atoms with Gasteiger partial charge in [0.25, 0.3) is 0 Å². The molecule has 2 rings (SSSR count). The van der Waals surface area contributed by atoms with Crippen LogP contribution in [0.1, 0.15) is 13.8 Å². The smallest absolute Gasteiger partial charge is 0.313 e. The van der Waals surface area contributed by atoms with Crippen LogP contribution in [0.15, 0.2) is 24.3 Å². The summed E-state index contributed by atoms with van der Waals surface area (Å²) >= 11 is 0. The van der Waals surface area contributed by atoms with Crippen molar-refractivity contribution in [3.63, 3.8) is 0 Å². The van der Waals surface area contributed by atoms with Gasteiger partial charge >= 0.3 is 5.97 Å². The molecule has 0 aromatic heterocycles. The molecule has 0 spiro atoms. The number of nitrogens with zero attached hydrogens (tertiary/aromatic N) is 1. The number of benzene rings is 1. The molecule has 0 aliphatic carbocycles. The lowest BCUT2D eigenvalue weighted by Crippen LogP contribution is -2.48. The van der Waals surface area contributed by atoms with E-state index in [1.165, 1.54) is 25.2 Å². The number of hydrogen-bond donors (Lipinski definition) is 2. The maximum Gasteiger partial charge on any atom is 0.313 e. The van der Waals surface area contributed by atoms with Crippen molar-refractivity contribution in [3.8, 4) is 5.75 Å². The quantitative estimate of drug-likeness (QED) is 0.624. The van der Waals surface area contributed by atoms with Gasteiger partial charge in [-0.3, -0.25) is 10.2 Å². The second-order valence-corrected chi connectivity index (χ2v) is 8.08. The SMILES string of the molecule is CCOC(=O)C1C(C)NNC1S(=O)(=O)N(C)CCOc1ccccc1F. The van der Waals surface area contributed by atoms with Crippen molar-refractivity contribution in [3.05, 3.63) is 30.1 Å². The highest BCUT2D eigenvalue weighted by molar-refractivity contribution is 7.89. The molecule has 1 aromatic rings. The van der Waals surface area contributed by atoms with E-state index in [4.69, 9.17) is 9.47 Å². The zero-order valence-electron chi connectivity index (χ0n) is 14.9. The monoisotopic (exact) mass is 389 g/mol. The highest BCUT2D eigenvalue weighted by atomic mass is 32.2. The molecule has 146 valence electrons. The van der Waals surface area contributed by atoms with Gasteiger partial charge in [-0.05, 0) is 26.0 Å². The summed E-state index contributed by atoms with van der Waals surface area (Å²) in [6, 6.07) is 5.48. The molecule has 1 aliphatic heterocycles. The Bertz CT molecular complexity index is 730. The molecule has 0 bridgehead atoms. The molecule has 1 heterocycles. The number of likely N-dealkylation sites (N-methyl/N-ethyl adjacent to an activating group) is 1. The second-order valence-electron chi connectivity index (χ2n) is 5.92. The fourth-order valence-electron chi connectivity index (χ4n) is 2.65. The zero-order chi connectivity index (χ0) is 19.3. The molecule has 3 unspecified atom stereocenters. The first-order valence-corrected chi connectivity index (χ1v) is 9.79.